The molecule has 0 unspecified atom stereocenters. The predicted octanol–water partition coefficient (Wildman–Crippen LogP) is 2.87. The van der Waals surface area contributed by atoms with Crippen LogP contribution in [0.1, 0.15) is 35.8 Å². The lowest BCUT2D eigenvalue weighted by atomic mass is 10.1. The van der Waals surface area contributed by atoms with Gasteiger partial charge in [-0.05, 0) is 18.1 Å². The Morgan fingerprint density at radius 2 is 2.15 bits per heavy atom. The van der Waals surface area contributed by atoms with Crippen LogP contribution in [0.2, 0.25) is 5.15 Å². The number of aromatic nitrogens is 1. The summed E-state index contributed by atoms with van der Waals surface area (Å²) in [6.07, 6.45) is -2.50. The molecule has 1 N–H and O–H groups in total. The number of carbonyl (C=O) groups excluding carboxylic acids is 1. The van der Waals surface area contributed by atoms with Gasteiger partial charge in [0.25, 0.3) is 12.3 Å². The van der Waals surface area contributed by atoms with E-state index in [0.29, 0.717) is 5.56 Å². The molecule has 1 aromatic rings. The number of pyridine rings is 1. The summed E-state index contributed by atoms with van der Waals surface area (Å²) in [5.41, 5.74) is 1.11. The van der Waals surface area contributed by atoms with Gasteiger partial charge < -0.3 is 10.1 Å². The summed E-state index contributed by atoms with van der Waals surface area (Å²) < 4.78 is 28.3. The molecule has 0 atom stereocenters. The molecule has 1 heterocycles. The van der Waals surface area contributed by atoms with Crippen molar-refractivity contribution in [3.63, 3.8) is 0 Å². The minimum absolute atomic E-state index is 0.0337. The monoisotopic (exact) mass is 306 g/mol. The molecule has 0 bridgehead atoms. The molecule has 1 amide bonds. The summed E-state index contributed by atoms with van der Waals surface area (Å²) in [5, 5.41) is 2.82. The second-order valence-corrected chi connectivity index (χ2v) is 4.87. The Hall–Kier alpha value is -1.27. The summed E-state index contributed by atoms with van der Waals surface area (Å²) >= 11 is 5.86. The van der Waals surface area contributed by atoms with E-state index in [9.17, 15) is 13.6 Å². The van der Waals surface area contributed by atoms with E-state index in [2.05, 4.69) is 15.0 Å². The molecule has 0 aliphatic carbocycles. The van der Waals surface area contributed by atoms with Crippen LogP contribution in [0, 0.1) is 0 Å². The lowest BCUT2D eigenvalue weighted by molar-refractivity contribution is 0.0188. The zero-order chi connectivity index (χ0) is 15.1. The lowest BCUT2D eigenvalue weighted by Gasteiger charge is -2.09. The first kappa shape index (κ1) is 16.8. The maximum absolute atomic E-state index is 11.9. The minimum atomic E-state index is -2.50. The molecule has 0 spiro atoms. The van der Waals surface area contributed by atoms with E-state index in [1.54, 1.807) is 6.07 Å². The molecule has 20 heavy (non-hydrogen) atoms. The average Bonchev–Trinajstić information content (AvgIpc) is 2.36. The van der Waals surface area contributed by atoms with Crippen molar-refractivity contribution >= 4 is 17.5 Å². The number of hydrogen-bond donors (Lipinski definition) is 1. The summed E-state index contributed by atoms with van der Waals surface area (Å²) in [5.74, 6) is -0.188. The summed E-state index contributed by atoms with van der Waals surface area (Å²) in [6, 6.07) is 3.12. The Morgan fingerprint density at radius 3 is 2.75 bits per heavy atom. The molecule has 0 fully saturated rings. The van der Waals surface area contributed by atoms with Gasteiger partial charge in [0.15, 0.2) is 0 Å². The highest BCUT2D eigenvalue weighted by Crippen LogP contribution is 2.17. The van der Waals surface area contributed by atoms with Gasteiger partial charge in [-0.25, -0.2) is 13.8 Å². The number of alkyl halides is 2. The number of carbonyl (C=O) groups is 1. The third-order valence-corrected chi connectivity index (χ3v) is 2.64. The van der Waals surface area contributed by atoms with Gasteiger partial charge in [0.2, 0.25) is 0 Å². The van der Waals surface area contributed by atoms with Gasteiger partial charge in [-0.2, -0.15) is 0 Å². The highest BCUT2D eigenvalue weighted by Gasteiger charge is 2.11. The molecule has 1 aromatic heterocycles. The second kappa shape index (κ2) is 8.11. The smallest absolute Gasteiger partial charge is 0.261 e. The number of nitrogens with zero attached hydrogens (tertiary/aromatic N) is 1. The van der Waals surface area contributed by atoms with Crippen LogP contribution in [0.3, 0.4) is 0 Å². The van der Waals surface area contributed by atoms with Crippen LogP contribution in [-0.4, -0.2) is 37.1 Å². The van der Waals surface area contributed by atoms with E-state index in [1.165, 1.54) is 6.07 Å². The van der Waals surface area contributed by atoms with E-state index in [4.69, 9.17) is 11.6 Å². The van der Waals surface area contributed by atoms with Gasteiger partial charge in [-0.3, -0.25) is 4.79 Å². The molecule has 0 saturated carbocycles. The van der Waals surface area contributed by atoms with Gasteiger partial charge in [0.05, 0.1) is 6.61 Å². The molecule has 112 valence electrons. The molecular weight excluding hydrogens is 290 g/mol. The van der Waals surface area contributed by atoms with E-state index >= 15 is 0 Å². The minimum Gasteiger partial charge on any atom is -0.374 e. The highest BCUT2D eigenvalue weighted by atomic mass is 35.5. The first-order valence-corrected chi connectivity index (χ1v) is 6.59. The van der Waals surface area contributed by atoms with Crippen molar-refractivity contribution in [1.29, 1.82) is 0 Å². The molecular formula is C13H17ClF2N2O2. The number of amides is 1. The first-order valence-electron chi connectivity index (χ1n) is 6.21. The van der Waals surface area contributed by atoms with Gasteiger partial charge in [-0.1, -0.05) is 25.4 Å². The van der Waals surface area contributed by atoms with Gasteiger partial charge in [0.1, 0.15) is 11.8 Å². The van der Waals surface area contributed by atoms with E-state index in [-0.39, 0.29) is 30.1 Å². The van der Waals surface area contributed by atoms with Crippen molar-refractivity contribution in [1.82, 2.24) is 10.3 Å². The van der Waals surface area contributed by atoms with Gasteiger partial charge in [-0.15, -0.1) is 0 Å². The highest BCUT2D eigenvalue weighted by molar-refractivity contribution is 6.29. The Labute approximate surface area is 121 Å². The van der Waals surface area contributed by atoms with E-state index < -0.39 is 13.0 Å². The van der Waals surface area contributed by atoms with Crippen molar-refractivity contribution in [3.05, 3.63) is 28.5 Å². The molecule has 1 rings (SSSR count). The maximum atomic E-state index is 11.9. The molecule has 0 aliphatic heterocycles. The molecule has 0 radical (unpaired) electrons. The third-order valence-electron chi connectivity index (χ3n) is 2.44. The normalized spacial score (nSPS) is 11.2. The fourth-order valence-corrected chi connectivity index (χ4v) is 1.67. The summed E-state index contributed by atoms with van der Waals surface area (Å²) in [7, 11) is 0. The van der Waals surface area contributed by atoms with Crippen molar-refractivity contribution < 1.29 is 18.3 Å². The third kappa shape index (κ3) is 5.79. The van der Waals surface area contributed by atoms with Crippen LogP contribution in [0.4, 0.5) is 8.78 Å². The van der Waals surface area contributed by atoms with Crippen molar-refractivity contribution in [2.75, 3.05) is 19.8 Å². The Balaban J connectivity index is 2.51. The number of halogens is 3. The maximum Gasteiger partial charge on any atom is 0.261 e. The lowest BCUT2D eigenvalue weighted by Crippen LogP contribution is -2.28. The molecule has 4 nitrogen and oxygen atoms in total. The Kier molecular flexibility index (Phi) is 6.81. The number of ether oxygens (including phenoxy) is 1. The summed E-state index contributed by atoms with van der Waals surface area (Å²) in [6.45, 7) is 3.44. The standard InChI is InChI=1S/C13H17ClF2N2O2/c1-8(2)10-5-9(6-11(14)18-10)13(19)17-3-4-20-7-12(15)16/h5-6,8,12H,3-4,7H2,1-2H3,(H,17,19). The first-order chi connectivity index (χ1) is 9.40. The largest absolute Gasteiger partial charge is 0.374 e. The van der Waals surface area contributed by atoms with E-state index in [0.717, 1.165) is 5.69 Å². The van der Waals surface area contributed by atoms with Crippen molar-refractivity contribution in [3.8, 4) is 0 Å². The molecule has 0 saturated heterocycles. The van der Waals surface area contributed by atoms with Gasteiger partial charge in [0, 0.05) is 17.8 Å². The topological polar surface area (TPSA) is 51.2 Å². The SMILES string of the molecule is CC(C)c1cc(C(=O)NCCOCC(F)F)cc(Cl)n1. The van der Waals surface area contributed by atoms with Crippen LogP contribution in [-0.2, 0) is 4.74 Å². The van der Waals surface area contributed by atoms with Crippen molar-refractivity contribution in [2.45, 2.75) is 26.2 Å². The second-order valence-electron chi connectivity index (χ2n) is 4.48. The number of nitrogens with one attached hydrogen (secondary N) is 1. The van der Waals surface area contributed by atoms with Crippen LogP contribution in [0.25, 0.3) is 0 Å². The molecule has 0 aliphatic rings. The van der Waals surface area contributed by atoms with Crippen molar-refractivity contribution in [2.24, 2.45) is 0 Å². The van der Waals surface area contributed by atoms with Crippen LogP contribution >= 0.6 is 11.6 Å². The predicted molar refractivity (Wildman–Crippen MR) is 72.5 cm³/mol. The van der Waals surface area contributed by atoms with Crippen LogP contribution in [0.5, 0.6) is 0 Å². The number of rotatable bonds is 7. The molecule has 7 heteroatoms. The Bertz CT molecular complexity index is 456. The fourth-order valence-electron chi connectivity index (χ4n) is 1.46. The van der Waals surface area contributed by atoms with E-state index in [1.807, 2.05) is 13.8 Å². The Morgan fingerprint density at radius 1 is 1.45 bits per heavy atom. The van der Waals surface area contributed by atoms with Gasteiger partial charge >= 0.3 is 0 Å². The number of hydrogen-bond acceptors (Lipinski definition) is 3. The van der Waals surface area contributed by atoms with Crippen LogP contribution < -0.4 is 5.32 Å². The fraction of sp³-hybridized carbons (Fsp3) is 0.538. The zero-order valence-electron chi connectivity index (χ0n) is 11.3. The van der Waals surface area contributed by atoms with Crippen LogP contribution in [0.15, 0.2) is 12.1 Å². The average molecular weight is 307 g/mol. The summed E-state index contributed by atoms with van der Waals surface area (Å²) in [4.78, 5) is 16.0. The molecule has 0 aromatic carbocycles. The quantitative estimate of drug-likeness (QED) is 0.622. The zero-order valence-corrected chi connectivity index (χ0v) is 12.1.